The summed E-state index contributed by atoms with van der Waals surface area (Å²) in [5.74, 6) is 0. The van der Waals surface area contributed by atoms with Crippen LogP contribution in [0.2, 0.25) is 12.6 Å². The summed E-state index contributed by atoms with van der Waals surface area (Å²) in [6.45, 7) is 13.0. The van der Waals surface area contributed by atoms with E-state index in [1.807, 2.05) is 0 Å². The first-order valence-electron chi connectivity index (χ1n) is 10.7. The van der Waals surface area contributed by atoms with Crippen LogP contribution in [0.15, 0.2) is 0 Å². The SMILES string of the molecule is CCCCCCCCCCCCCC[Si](C)(OC(C)C)OC(C)C. The van der Waals surface area contributed by atoms with Crippen molar-refractivity contribution in [1.82, 2.24) is 0 Å². The average molecular weight is 359 g/mol. The molecule has 0 saturated carbocycles. The van der Waals surface area contributed by atoms with Gasteiger partial charge < -0.3 is 8.85 Å². The van der Waals surface area contributed by atoms with Crippen molar-refractivity contribution in [3.8, 4) is 0 Å². The van der Waals surface area contributed by atoms with E-state index in [2.05, 4.69) is 41.2 Å². The quantitative estimate of drug-likeness (QED) is 0.197. The molecule has 0 unspecified atom stereocenters. The second kappa shape index (κ2) is 15.4. The van der Waals surface area contributed by atoms with E-state index in [0.29, 0.717) is 0 Å². The maximum absolute atomic E-state index is 6.17. The number of unbranched alkanes of at least 4 members (excludes halogenated alkanes) is 11. The highest BCUT2D eigenvalue weighted by Gasteiger charge is 2.33. The van der Waals surface area contributed by atoms with Crippen LogP contribution in [0.5, 0.6) is 0 Å². The van der Waals surface area contributed by atoms with Gasteiger partial charge in [0, 0.05) is 12.2 Å². The van der Waals surface area contributed by atoms with Gasteiger partial charge in [0.1, 0.15) is 0 Å². The van der Waals surface area contributed by atoms with Crippen molar-refractivity contribution in [3.63, 3.8) is 0 Å². The number of hydrogen-bond donors (Lipinski definition) is 0. The zero-order chi connectivity index (χ0) is 18.3. The summed E-state index contributed by atoms with van der Waals surface area (Å²) in [5.41, 5.74) is 0. The van der Waals surface area contributed by atoms with Crippen molar-refractivity contribution in [2.24, 2.45) is 0 Å². The molecule has 0 heterocycles. The normalized spacial score (nSPS) is 12.5. The first kappa shape index (κ1) is 24.1. The van der Waals surface area contributed by atoms with Gasteiger partial charge in [-0.25, -0.2) is 0 Å². The molecule has 0 fully saturated rings. The zero-order valence-electron chi connectivity index (χ0n) is 17.7. The summed E-state index contributed by atoms with van der Waals surface area (Å²) in [6, 6.07) is 1.14. The molecule has 0 atom stereocenters. The molecule has 0 aliphatic heterocycles. The van der Waals surface area contributed by atoms with E-state index in [-0.39, 0.29) is 12.2 Å². The van der Waals surface area contributed by atoms with Gasteiger partial charge in [0.15, 0.2) is 0 Å². The first-order chi connectivity index (χ1) is 11.4. The molecular formula is C21H46O2Si. The summed E-state index contributed by atoms with van der Waals surface area (Å²) in [7, 11) is -1.97. The maximum Gasteiger partial charge on any atom is 0.335 e. The van der Waals surface area contributed by atoms with E-state index in [0.717, 1.165) is 6.04 Å². The molecule has 0 radical (unpaired) electrons. The summed E-state index contributed by atoms with van der Waals surface area (Å²) in [4.78, 5) is 0. The highest BCUT2D eigenvalue weighted by Crippen LogP contribution is 2.22. The standard InChI is InChI=1S/C21H46O2Si/c1-7-8-9-10-11-12-13-14-15-16-17-18-19-24(6,22-20(2)3)23-21(4)5/h20-21H,7-19H2,1-6H3. The minimum Gasteiger partial charge on any atom is -0.392 e. The van der Waals surface area contributed by atoms with Crippen molar-refractivity contribution in [2.75, 3.05) is 0 Å². The molecule has 24 heavy (non-hydrogen) atoms. The lowest BCUT2D eigenvalue weighted by atomic mass is 10.1. The van der Waals surface area contributed by atoms with Gasteiger partial charge in [0.25, 0.3) is 0 Å². The van der Waals surface area contributed by atoms with Crippen molar-refractivity contribution in [1.29, 1.82) is 0 Å². The van der Waals surface area contributed by atoms with E-state index in [9.17, 15) is 0 Å². The lowest BCUT2D eigenvalue weighted by Crippen LogP contribution is -2.42. The summed E-state index contributed by atoms with van der Waals surface area (Å²) in [6.07, 6.45) is 17.3. The van der Waals surface area contributed by atoms with Gasteiger partial charge in [-0.2, -0.15) is 0 Å². The Labute approximate surface area is 154 Å². The van der Waals surface area contributed by atoms with Crippen LogP contribution in [-0.4, -0.2) is 20.8 Å². The largest absolute Gasteiger partial charge is 0.392 e. The Morgan fingerprint density at radius 3 is 1.25 bits per heavy atom. The van der Waals surface area contributed by atoms with Gasteiger partial charge in [0.05, 0.1) is 0 Å². The topological polar surface area (TPSA) is 18.5 Å². The first-order valence-corrected chi connectivity index (χ1v) is 13.3. The second-order valence-corrected chi connectivity index (χ2v) is 11.3. The number of rotatable bonds is 17. The van der Waals surface area contributed by atoms with E-state index < -0.39 is 8.56 Å². The van der Waals surface area contributed by atoms with Crippen LogP contribution < -0.4 is 0 Å². The lowest BCUT2D eigenvalue weighted by Gasteiger charge is -2.31. The van der Waals surface area contributed by atoms with Crippen LogP contribution in [0, 0.1) is 0 Å². The predicted octanol–water partition coefficient (Wildman–Crippen LogP) is 7.61. The van der Waals surface area contributed by atoms with E-state index in [1.165, 1.54) is 77.0 Å². The zero-order valence-corrected chi connectivity index (χ0v) is 18.7. The Morgan fingerprint density at radius 2 is 0.917 bits per heavy atom. The maximum atomic E-state index is 6.17. The van der Waals surface area contributed by atoms with Gasteiger partial charge in [0.2, 0.25) is 0 Å². The highest BCUT2D eigenvalue weighted by molar-refractivity contribution is 6.66. The molecule has 2 nitrogen and oxygen atoms in total. The lowest BCUT2D eigenvalue weighted by molar-refractivity contribution is 0.109. The molecule has 0 aromatic heterocycles. The molecule has 0 rings (SSSR count). The van der Waals surface area contributed by atoms with Crippen molar-refractivity contribution >= 4 is 8.56 Å². The van der Waals surface area contributed by atoms with Gasteiger partial charge >= 0.3 is 8.56 Å². The summed E-state index contributed by atoms with van der Waals surface area (Å²) in [5, 5.41) is 0. The molecule has 0 bridgehead atoms. The van der Waals surface area contributed by atoms with Gasteiger partial charge in [-0.1, -0.05) is 84.0 Å². The Morgan fingerprint density at radius 1 is 0.583 bits per heavy atom. The van der Waals surface area contributed by atoms with Gasteiger partial charge in [-0.3, -0.25) is 0 Å². The molecule has 0 aliphatic rings. The van der Waals surface area contributed by atoms with Crippen LogP contribution in [0.25, 0.3) is 0 Å². The molecule has 0 amide bonds. The van der Waals surface area contributed by atoms with Crippen molar-refractivity contribution in [2.45, 2.75) is 136 Å². The molecule has 0 saturated heterocycles. The molecule has 3 heteroatoms. The number of hydrogen-bond acceptors (Lipinski definition) is 2. The van der Waals surface area contributed by atoms with Crippen LogP contribution in [0.4, 0.5) is 0 Å². The van der Waals surface area contributed by atoms with Crippen LogP contribution in [0.3, 0.4) is 0 Å². The minimum atomic E-state index is -1.97. The van der Waals surface area contributed by atoms with E-state index >= 15 is 0 Å². The molecule has 0 aliphatic carbocycles. The van der Waals surface area contributed by atoms with Crippen LogP contribution in [-0.2, 0) is 8.85 Å². The summed E-state index contributed by atoms with van der Waals surface area (Å²) >= 11 is 0. The fraction of sp³-hybridized carbons (Fsp3) is 1.00. The van der Waals surface area contributed by atoms with E-state index in [4.69, 9.17) is 8.85 Å². The second-order valence-electron chi connectivity index (χ2n) is 8.11. The predicted molar refractivity (Wildman–Crippen MR) is 110 cm³/mol. The van der Waals surface area contributed by atoms with Gasteiger partial charge in [-0.15, -0.1) is 0 Å². The smallest absolute Gasteiger partial charge is 0.335 e. The molecule has 0 spiro atoms. The molecule has 0 aromatic rings. The van der Waals surface area contributed by atoms with Crippen molar-refractivity contribution < 1.29 is 8.85 Å². The Kier molecular flexibility index (Phi) is 15.5. The van der Waals surface area contributed by atoms with Gasteiger partial charge in [-0.05, 0) is 40.3 Å². The molecule has 0 aromatic carbocycles. The minimum absolute atomic E-state index is 0.276. The third-order valence-electron chi connectivity index (χ3n) is 4.45. The fourth-order valence-corrected chi connectivity index (χ4v) is 6.61. The monoisotopic (exact) mass is 358 g/mol. The average Bonchev–Trinajstić information content (AvgIpc) is 2.46. The van der Waals surface area contributed by atoms with Crippen LogP contribution >= 0.6 is 0 Å². The molecule has 0 N–H and O–H groups in total. The summed E-state index contributed by atoms with van der Waals surface area (Å²) < 4.78 is 12.3. The Balaban J connectivity index is 3.58. The van der Waals surface area contributed by atoms with E-state index in [1.54, 1.807) is 0 Å². The highest BCUT2D eigenvalue weighted by atomic mass is 28.4. The molecular weight excluding hydrogens is 312 g/mol. The Hall–Kier alpha value is 0.137. The Bertz CT molecular complexity index is 257. The fourth-order valence-electron chi connectivity index (χ4n) is 3.43. The van der Waals surface area contributed by atoms with Crippen LogP contribution in [0.1, 0.15) is 112 Å². The third-order valence-corrected chi connectivity index (χ3v) is 7.66. The van der Waals surface area contributed by atoms with Crippen molar-refractivity contribution in [3.05, 3.63) is 0 Å². The molecule has 146 valence electrons. The third kappa shape index (κ3) is 15.7.